The highest BCUT2D eigenvalue weighted by Gasteiger charge is 2.33. The summed E-state index contributed by atoms with van der Waals surface area (Å²) in [5, 5.41) is 0. The number of allylic oxidation sites excluding steroid dienone is 1. The fraction of sp³-hybridized carbons (Fsp3) is 0.444. The van der Waals surface area contributed by atoms with E-state index >= 15 is 0 Å². The molecule has 1 aromatic heterocycles. The monoisotopic (exact) mass is 297 g/mol. The van der Waals surface area contributed by atoms with Crippen molar-refractivity contribution in [1.82, 2.24) is 14.5 Å². The number of aromatic nitrogens is 2. The van der Waals surface area contributed by atoms with Gasteiger partial charge in [-0.1, -0.05) is 32.1 Å². The van der Waals surface area contributed by atoms with Gasteiger partial charge in [0.2, 0.25) is 5.91 Å². The van der Waals surface area contributed by atoms with Gasteiger partial charge in [-0.25, -0.2) is 4.98 Å². The highest BCUT2D eigenvalue weighted by atomic mass is 16.2. The van der Waals surface area contributed by atoms with Crippen molar-refractivity contribution in [3.63, 3.8) is 0 Å². The zero-order valence-electron chi connectivity index (χ0n) is 13.3. The molecule has 1 unspecified atom stereocenters. The van der Waals surface area contributed by atoms with E-state index < -0.39 is 0 Å². The van der Waals surface area contributed by atoms with E-state index in [1.165, 1.54) is 0 Å². The molecule has 2 aromatic rings. The number of imidazole rings is 1. The summed E-state index contributed by atoms with van der Waals surface area (Å²) in [6, 6.07) is 8.14. The molecule has 0 spiro atoms. The van der Waals surface area contributed by atoms with Crippen LogP contribution in [0.5, 0.6) is 0 Å². The third-order valence-electron chi connectivity index (χ3n) is 4.16. The van der Waals surface area contributed by atoms with Crippen LogP contribution >= 0.6 is 0 Å². The van der Waals surface area contributed by atoms with Gasteiger partial charge in [-0.15, -0.1) is 6.58 Å². The number of benzene rings is 1. The molecule has 2 heterocycles. The molecule has 1 atom stereocenters. The Bertz CT molecular complexity index is 701. The molecule has 22 heavy (non-hydrogen) atoms. The van der Waals surface area contributed by atoms with Gasteiger partial charge in [0.05, 0.1) is 11.0 Å². The molecule has 1 aliphatic rings. The van der Waals surface area contributed by atoms with Gasteiger partial charge < -0.3 is 9.47 Å². The van der Waals surface area contributed by atoms with Crippen LogP contribution < -0.4 is 0 Å². The maximum atomic E-state index is 12.2. The first kappa shape index (κ1) is 14.8. The number of fused-ring (bicyclic) bond motifs is 1. The van der Waals surface area contributed by atoms with Gasteiger partial charge in [-0.05, 0) is 18.1 Å². The number of amides is 1. The fourth-order valence-corrected chi connectivity index (χ4v) is 3.29. The van der Waals surface area contributed by atoms with Gasteiger partial charge in [0, 0.05) is 32.0 Å². The highest BCUT2D eigenvalue weighted by molar-refractivity contribution is 5.81. The summed E-state index contributed by atoms with van der Waals surface area (Å²) in [7, 11) is 0. The van der Waals surface area contributed by atoms with Crippen molar-refractivity contribution in [2.75, 3.05) is 13.1 Å². The van der Waals surface area contributed by atoms with Crippen LogP contribution in [0.25, 0.3) is 11.0 Å². The van der Waals surface area contributed by atoms with Crippen LogP contribution in [0.3, 0.4) is 0 Å². The number of carbonyl (C=O) groups is 1. The lowest BCUT2D eigenvalue weighted by Crippen LogP contribution is -2.29. The normalized spacial score (nSPS) is 18.6. The fourth-order valence-electron chi connectivity index (χ4n) is 3.29. The summed E-state index contributed by atoms with van der Waals surface area (Å²) in [4.78, 5) is 19.0. The summed E-state index contributed by atoms with van der Waals surface area (Å²) in [5.41, 5.74) is 2.11. The van der Waals surface area contributed by atoms with Crippen molar-refractivity contribution >= 4 is 16.9 Å². The Balaban J connectivity index is 1.95. The number of rotatable bonds is 5. The van der Waals surface area contributed by atoms with E-state index in [0.717, 1.165) is 36.5 Å². The summed E-state index contributed by atoms with van der Waals surface area (Å²) < 4.78 is 2.19. The second-order valence-electron chi connectivity index (χ2n) is 6.45. The van der Waals surface area contributed by atoms with E-state index in [2.05, 4.69) is 31.1 Å². The molecular weight excluding hydrogens is 274 g/mol. The number of likely N-dealkylation sites (tertiary alicyclic amines) is 1. The Morgan fingerprint density at radius 2 is 2.18 bits per heavy atom. The zero-order chi connectivity index (χ0) is 15.7. The molecule has 0 radical (unpaired) electrons. The smallest absolute Gasteiger partial charge is 0.223 e. The van der Waals surface area contributed by atoms with Crippen molar-refractivity contribution in [3.05, 3.63) is 42.7 Å². The third-order valence-corrected chi connectivity index (χ3v) is 4.16. The van der Waals surface area contributed by atoms with Crippen LogP contribution in [-0.2, 0) is 11.3 Å². The van der Waals surface area contributed by atoms with Crippen LogP contribution in [0, 0.1) is 5.92 Å². The number of para-hydroxylation sites is 2. The molecule has 0 N–H and O–H groups in total. The van der Waals surface area contributed by atoms with Crippen LogP contribution in [0.4, 0.5) is 0 Å². The molecule has 1 amide bonds. The van der Waals surface area contributed by atoms with E-state index in [1.54, 1.807) is 0 Å². The highest BCUT2D eigenvalue weighted by Crippen LogP contribution is 2.30. The molecule has 1 saturated heterocycles. The molecule has 3 rings (SSSR count). The maximum absolute atomic E-state index is 12.2. The second kappa shape index (κ2) is 5.95. The number of hydrogen-bond donors (Lipinski definition) is 0. The van der Waals surface area contributed by atoms with Crippen molar-refractivity contribution in [2.24, 2.45) is 5.92 Å². The molecular formula is C18H23N3O. The standard InChI is InChI=1S/C18H23N3O/c1-4-9-21-16-8-6-5-7-15(16)19-18(21)14-10-17(22)20(12-14)11-13(2)3/h4-8,13-14H,1,9-12H2,2-3H3. The molecule has 4 nitrogen and oxygen atoms in total. The topological polar surface area (TPSA) is 38.1 Å². The van der Waals surface area contributed by atoms with Gasteiger partial charge in [0.25, 0.3) is 0 Å². The lowest BCUT2D eigenvalue weighted by atomic mass is 10.1. The first-order valence-corrected chi connectivity index (χ1v) is 7.94. The molecule has 1 fully saturated rings. The Hall–Kier alpha value is -2.10. The largest absolute Gasteiger partial charge is 0.342 e. The average molecular weight is 297 g/mol. The second-order valence-corrected chi connectivity index (χ2v) is 6.45. The minimum absolute atomic E-state index is 0.179. The quantitative estimate of drug-likeness (QED) is 0.795. The minimum Gasteiger partial charge on any atom is -0.342 e. The van der Waals surface area contributed by atoms with E-state index in [-0.39, 0.29) is 11.8 Å². The summed E-state index contributed by atoms with van der Waals surface area (Å²) in [6.45, 7) is 10.5. The van der Waals surface area contributed by atoms with Gasteiger partial charge in [-0.2, -0.15) is 0 Å². The van der Waals surface area contributed by atoms with E-state index in [4.69, 9.17) is 4.98 Å². The maximum Gasteiger partial charge on any atom is 0.223 e. The Labute approximate surface area is 131 Å². The van der Waals surface area contributed by atoms with Gasteiger partial charge in [0.15, 0.2) is 0 Å². The number of hydrogen-bond acceptors (Lipinski definition) is 2. The summed E-state index contributed by atoms with van der Waals surface area (Å²) in [5.74, 6) is 1.94. The summed E-state index contributed by atoms with van der Waals surface area (Å²) >= 11 is 0. The minimum atomic E-state index is 0.179. The lowest BCUT2D eigenvalue weighted by molar-refractivity contribution is -0.128. The first-order valence-electron chi connectivity index (χ1n) is 7.94. The van der Waals surface area contributed by atoms with Crippen LogP contribution in [0.1, 0.15) is 32.0 Å². The molecule has 1 aliphatic heterocycles. The molecule has 0 saturated carbocycles. The first-order chi connectivity index (χ1) is 10.6. The van der Waals surface area contributed by atoms with Crippen molar-refractivity contribution in [3.8, 4) is 0 Å². The van der Waals surface area contributed by atoms with Crippen molar-refractivity contribution in [2.45, 2.75) is 32.7 Å². The van der Waals surface area contributed by atoms with Crippen LogP contribution in [-0.4, -0.2) is 33.4 Å². The Kier molecular flexibility index (Phi) is 4.01. The molecule has 1 aromatic carbocycles. The van der Waals surface area contributed by atoms with Crippen LogP contribution in [0.2, 0.25) is 0 Å². The average Bonchev–Trinajstić information content (AvgIpc) is 3.01. The van der Waals surface area contributed by atoms with Gasteiger partial charge in [-0.3, -0.25) is 4.79 Å². The van der Waals surface area contributed by atoms with Crippen LogP contribution in [0.15, 0.2) is 36.9 Å². The predicted octanol–water partition coefficient (Wildman–Crippen LogP) is 3.19. The van der Waals surface area contributed by atoms with Gasteiger partial charge >= 0.3 is 0 Å². The van der Waals surface area contributed by atoms with E-state index in [1.807, 2.05) is 29.2 Å². The third kappa shape index (κ3) is 2.65. The Morgan fingerprint density at radius 3 is 2.91 bits per heavy atom. The molecule has 4 heteroatoms. The van der Waals surface area contributed by atoms with E-state index in [0.29, 0.717) is 12.3 Å². The zero-order valence-corrected chi connectivity index (χ0v) is 13.3. The number of carbonyl (C=O) groups excluding carboxylic acids is 1. The Morgan fingerprint density at radius 1 is 1.41 bits per heavy atom. The SMILES string of the molecule is C=CCn1c(C2CC(=O)N(CC(C)C)C2)nc2ccccc21. The van der Waals surface area contributed by atoms with Crippen molar-refractivity contribution < 1.29 is 4.79 Å². The van der Waals surface area contributed by atoms with Gasteiger partial charge in [0.1, 0.15) is 5.82 Å². The van der Waals surface area contributed by atoms with Crippen molar-refractivity contribution in [1.29, 1.82) is 0 Å². The molecule has 116 valence electrons. The molecule has 0 bridgehead atoms. The number of nitrogens with zero attached hydrogens (tertiary/aromatic N) is 3. The summed E-state index contributed by atoms with van der Waals surface area (Å²) in [6.07, 6.45) is 2.45. The lowest BCUT2D eigenvalue weighted by Gasteiger charge is -2.19. The van der Waals surface area contributed by atoms with E-state index in [9.17, 15) is 4.79 Å². The predicted molar refractivity (Wildman–Crippen MR) is 88.7 cm³/mol. The molecule has 0 aliphatic carbocycles.